The second kappa shape index (κ2) is 11.4. The minimum Gasteiger partial charge on any atom is -0.327 e. The van der Waals surface area contributed by atoms with Crippen LogP contribution in [-0.2, 0) is 9.84 Å². The summed E-state index contributed by atoms with van der Waals surface area (Å²) in [5.74, 6) is 0.450. The van der Waals surface area contributed by atoms with Crippen molar-refractivity contribution in [2.24, 2.45) is 11.7 Å². The molecule has 0 aromatic carbocycles. The highest BCUT2D eigenvalue weighted by Gasteiger charge is 2.21. The minimum absolute atomic E-state index is 0.218. The van der Waals surface area contributed by atoms with Crippen LogP contribution in [0.4, 0.5) is 0 Å². The monoisotopic (exact) mass is 325 g/mol. The molecule has 0 atom stereocenters. The number of hydrogen-bond donors (Lipinski definition) is 1. The normalized spacial score (nSPS) is 14.0. The molecule has 0 heterocycles. The molecule has 0 fully saturated rings. The van der Waals surface area contributed by atoms with Crippen LogP contribution >= 0.6 is 0 Å². The van der Waals surface area contributed by atoms with E-state index in [1.165, 1.54) is 0 Å². The number of hydrogen-bond acceptors (Lipinski definition) is 3. The largest absolute Gasteiger partial charge is 0.327 e. The molecule has 0 amide bonds. The number of nitrogens with two attached hydrogens (primary N) is 1. The lowest BCUT2D eigenvalue weighted by atomic mass is 10.0. The lowest BCUT2D eigenvalue weighted by Gasteiger charge is -2.16. The highest BCUT2D eigenvalue weighted by molar-refractivity contribution is 7.95. The molecule has 0 aliphatic carbocycles. The topological polar surface area (TPSA) is 60.2 Å². The van der Waals surface area contributed by atoms with E-state index in [4.69, 9.17) is 5.73 Å². The van der Waals surface area contributed by atoms with Crippen molar-refractivity contribution in [1.29, 1.82) is 0 Å². The average molecular weight is 326 g/mol. The van der Waals surface area contributed by atoms with Gasteiger partial charge < -0.3 is 5.73 Å². The third kappa shape index (κ3) is 7.76. The summed E-state index contributed by atoms with van der Waals surface area (Å²) in [6.45, 7) is 10.1. The Kier molecular flexibility index (Phi) is 10.9. The van der Waals surface area contributed by atoms with Crippen LogP contribution in [0.2, 0.25) is 0 Å². The summed E-state index contributed by atoms with van der Waals surface area (Å²) >= 11 is 0. The first kappa shape index (κ1) is 20.9. The molecular weight excluding hydrogens is 294 g/mol. The van der Waals surface area contributed by atoms with Gasteiger partial charge in [-0.2, -0.15) is 0 Å². The van der Waals surface area contributed by atoms with Gasteiger partial charge in [-0.25, -0.2) is 8.42 Å². The Hall–Kier alpha value is -1.13. The Morgan fingerprint density at radius 1 is 1.23 bits per heavy atom. The minimum atomic E-state index is -3.27. The van der Waals surface area contributed by atoms with Crippen LogP contribution in [0, 0.1) is 5.92 Å². The summed E-state index contributed by atoms with van der Waals surface area (Å²) in [6, 6.07) is 0. The molecule has 0 rings (SSSR count). The molecule has 0 radical (unpaired) electrons. The second-order valence-electron chi connectivity index (χ2n) is 5.40. The van der Waals surface area contributed by atoms with Crippen molar-refractivity contribution in [3.8, 4) is 0 Å². The fraction of sp³-hybridized carbons (Fsp3) is 0.556. The molecule has 0 aromatic rings. The van der Waals surface area contributed by atoms with Crippen molar-refractivity contribution in [3.63, 3.8) is 0 Å². The van der Waals surface area contributed by atoms with Crippen LogP contribution in [0.3, 0.4) is 0 Å². The molecule has 0 saturated carbocycles. The number of allylic oxidation sites excluding steroid dienone is 5. The Bertz CT molecular complexity index is 507. The molecular formula is C18H31NO2S. The van der Waals surface area contributed by atoms with Crippen molar-refractivity contribution in [1.82, 2.24) is 0 Å². The first-order valence-electron chi connectivity index (χ1n) is 8.04. The van der Waals surface area contributed by atoms with Gasteiger partial charge in [-0.1, -0.05) is 57.6 Å². The molecule has 0 unspecified atom stereocenters. The van der Waals surface area contributed by atoms with Gasteiger partial charge in [0.25, 0.3) is 0 Å². The summed E-state index contributed by atoms with van der Waals surface area (Å²) in [5, 5.41) is 0. The maximum absolute atomic E-state index is 12.7. The molecule has 0 bridgehead atoms. The standard InChI is InChI=1S/C18H31NO2S/c1-5-10-17(11-6-2)15-22(20,21)18(8-4)14-16(7-3)12-9-13-19/h7-9,12,14,17H,3,5-6,10-11,13,15,19H2,1-2,4H3. The predicted molar refractivity (Wildman–Crippen MR) is 97.3 cm³/mol. The van der Waals surface area contributed by atoms with E-state index >= 15 is 0 Å². The summed E-state index contributed by atoms with van der Waals surface area (Å²) in [7, 11) is -3.27. The van der Waals surface area contributed by atoms with Crippen molar-refractivity contribution < 1.29 is 8.42 Å². The molecule has 4 heteroatoms. The zero-order valence-corrected chi connectivity index (χ0v) is 15.0. The molecule has 0 aromatic heterocycles. The van der Waals surface area contributed by atoms with E-state index in [-0.39, 0.29) is 11.7 Å². The van der Waals surface area contributed by atoms with Crippen LogP contribution in [0.25, 0.3) is 0 Å². The molecule has 126 valence electrons. The summed E-state index contributed by atoms with van der Waals surface area (Å²) in [6.07, 6.45) is 12.5. The van der Waals surface area contributed by atoms with E-state index in [2.05, 4.69) is 20.4 Å². The van der Waals surface area contributed by atoms with Gasteiger partial charge in [0.15, 0.2) is 9.84 Å². The fourth-order valence-electron chi connectivity index (χ4n) is 2.43. The molecule has 0 saturated heterocycles. The van der Waals surface area contributed by atoms with Crippen LogP contribution in [0.5, 0.6) is 0 Å². The van der Waals surface area contributed by atoms with Gasteiger partial charge in [0.2, 0.25) is 0 Å². The van der Waals surface area contributed by atoms with Gasteiger partial charge in [-0.15, -0.1) is 0 Å². The van der Waals surface area contributed by atoms with Gasteiger partial charge in [-0.05, 0) is 37.3 Å². The van der Waals surface area contributed by atoms with Crippen molar-refractivity contribution in [3.05, 3.63) is 47.4 Å². The van der Waals surface area contributed by atoms with Crippen molar-refractivity contribution in [2.45, 2.75) is 46.5 Å². The lowest BCUT2D eigenvalue weighted by molar-refractivity contribution is 0.475. The van der Waals surface area contributed by atoms with E-state index < -0.39 is 9.84 Å². The third-order valence-corrected chi connectivity index (χ3v) is 5.47. The predicted octanol–water partition coefficient (Wildman–Crippen LogP) is 4.15. The van der Waals surface area contributed by atoms with Gasteiger partial charge in [0, 0.05) is 6.54 Å². The third-order valence-electron chi connectivity index (χ3n) is 3.48. The van der Waals surface area contributed by atoms with E-state index in [1.807, 2.05) is 0 Å². The highest BCUT2D eigenvalue weighted by atomic mass is 32.2. The van der Waals surface area contributed by atoms with Gasteiger partial charge in [-0.3, -0.25) is 0 Å². The SMILES string of the molecule is C=CC(C=CCN)=CC(=CC)S(=O)(=O)CC(CCC)CCC. The zero-order chi connectivity index (χ0) is 17.0. The van der Waals surface area contributed by atoms with Gasteiger partial charge in [0.05, 0.1) is 10.7 Å². The molecule has 0 aliphatic rings. The number of sulfone groups is 1. The van der Waals surface area contributed by atoms with Crippen LogP contribution in [-0.4, -0.2) is 20.7 Å². The smallest absolute Gasteiger partial charge is 0.178 e. The first-order valence-corrected chi connectivity index (χ1v) is 9.70. The molecule has 3 nitrogen and oxygen atoms in total. The number of rotatable bonds is 11. The first-order chi connectivity index (χ1) is 10.4. The maximum atomic E-state index is 12.7. The molecule has 2 N–H and O–H groups in total. The average Bonchev–Trinajstić information content (AvgIpc) is 2.47. The second-order valence-corrected chi connectivity index (χ2v) is 7.44. The van der Waals surface area contributed by atoms with Crippen LogP contribution < -0.4 is 5.73 Å². The summed E-state index contributed by atoms with van der Waals surface area (Å²) < 4.78 is 25.3. The Morgan fingerprint density at radius 2 is 1.82 bits per heavy atom. The van der Waals surface area contributed by atoms with E-state index in [1.54, 1.807) is 37.3 Å². The van der Waals surface area contributed by atoms with E-state index in [0.717, 1.165) is 31.3 Å². The van der Waals surface area contributed by atoms with Crippen molar-refractivity contribution >= 4 is 9.84 Å². The molecule has 22 heavy (non-hydrogen) atoms. The molecule has 0 aliphatic heterocycles. The highest BCUT2D eigenvalue weighted by Crippen LogP contribution is 2.21. The Labute approximate surface area is 136 Å². The van der Waals surface area contributed by atoms with Gasteiger partial charge in [0.1, 0.15) is 0 Å². The van der Waals surface area contributed by atoms with Gasteiger partial charge >= 0.3 is 0 Å². The summed E-state index contributed by atoms with van der Waals surface area (Å²) in [4.78, 5) is 0.362. The Balaban J connectivity index is 5.31. The van der Waals surface area contributed by atoms with Crippen LogP contribution in [0.1, 0.15) is 46.5 Å². The molecule has 0 spiro atoms. The quantitative estimate of drug-likeness (QED) is 0.581. The van der Waals surface area contributed by atoms with E-state index in [0.29, 0.717) is 11.4 Å². The maximum Gasteiger partial charge on any atom is 0.178 e. The lowest BCUT2D eigenvalue weighted by Crippen LogP contribution is -2.17. The Morgan fingerprint density at radius 3 is 2.23 bits per heavy atom. The summed E-state index contributed by atoms with van der Waals surface area (Å²) in [5.41, 5.74) is 6.19. The van der Waals surface area contributed by atoms with Crippen LogP contribution in [0.15, 0.2) is 47.4 Å². The van der Waals surface area contributed by atoms with E-state index in [9.17, 15) is 8.42 Å². The fourth-order valence-corrected chi connectivity index (χ4v) is 4.25. The zero-order valence-electron chi connectivity index (χ0n) is 14.2. The van der Waals surface area contributed by atoms with Crippen molar-refractivity contribution in [2.75, 3.05) is 12.3 Å².